The third-order valence-electron chi connectivity index (χ3n) is 3.12. The largest absolute Gasteiger partial charge is 0.434 e. The van der Waals surface area contributed by atoms with Crippen molar-refractivity contribution >= 4 is 41.3 Å². The molecule has 2 aromatic rings. The highest BCUT2D eigenvalue weighted by atomic mass is 127. The summed E-state index contributed by atoms with van der Waals surface area (Å²) in [4.78, 5) is 7.56. The van der Waals surface area contributed by atoms with Gasteiger partial charge in [-0.3, -0.25) is 4.99 Å². The maximum absolute atomic E-state index is 12.5. The van der Waals surface area contributed by atoms with E-state index in [1.54, 1.807) is 7.05 Å². The molecule has 0 aliphatic heterocycles. The number of thiazole rings is 1. The molecule has 0 fully saturated rings. The molecule has 0 radical (unpaired) electrons. The van der Waals surface area contributed by atoms with Crippen molar-refractivity contribution in [3.05, 3.63) is 52.0 Å². The summed E-state index contributed by atoms with van der Waals surface area (Å²) in [6.07, 6.45) is -4.41. The average molecular weight is 500 g/mol. The zero-order valence-corrected chi connectivity index (χ0v) is 17.2. The molecule has 0 aliphatic rings. The van der Waals surface area contributed by atoms with Gasteiger partial charge in [-0.1, -0.05) is 30.3 Å². The van der Waals surface area contributed by atoms with Crippen LogP contribution in [0.5, 0.6) is 0 Å². The Balaban J connectivity index is 0.00000338. The van der Waals surface area contributed by atoms with Crippen LogP contribution in [0, 0.1) is 0 Å². The minimum atomic E-state index is -4.41. The summed E-state index contributed by atoms with van der Waals surface area (Å²) in [5.74, 6) is 0.479. The highest BCUT2D eigenvalue weighted by Crippen LogP contribution is 2.29. The number of aromatic nitrogens is 1. The number of hydrogen-bond donors (Lipinski definition) is 2. The number of halogens is 4. The van der Waals surface area contributed by atoms with Crippen molar-refractivity contribution in [1.82, 2.24) is 15.6 Å². The molecule has 0 amide bonds. The van der Waals surface area contributed by atoms with Gasteiger partial charge in [-0.15, -0.1) is 35.3 Å². The van der Waals surface area contributed by atoms with E-state index >= 15 is 0 Å². The fourth-order valence-electron chi connectivity index (χ4n) is 1.91. The Bertz CT molecular complexity index is 680. The Kier molecular flexibility index (Phi) is 9.88. The summed E-state index contributed by atoms with van der Waals surface area (Å²) in [7, 11) is 1.59. The summed E-state index contributed by atoms with van der Waals surface area (Å²) < 4.78 is 43.0. The molecule has 144 valence electrons. The Morgan fingerprint density at radius 1 is 1.23 bits per heavy atom. The van der Waals surface area contributed by atoms with Gasteiger partial charge < -0.3 is 15.4 Å². The lowest BCUT2D eigenvalue weighted by atomic mass is 10.2. The number of ether oxygens (including phenoxy) is 1. The van der Waals surface area contributed by atoms with Crippen molar-refractivity contribution in [2.45, 2.75) is 19.3 Å². The summed E-state index contributed by atoms with van der Waals surface area (Å²) in [6.45, 7) is 1.70. The number of nitrogens with one attached hydrogen (secondary N) is 2. The molecule has 2 rings (SSSR count). The Morgan fingerprint density at radius 3 is 2.58 bits per heavy atom. The molecule has 2 N–H and O–H groups in total. The topological polar surface area (TPSA) is 58.5 Å². The van der Waals surface area contributed by atoms with Crippen molar-refractivity contribution < 1.29 is 17.9 Å². The molecule has 0 bridgehead atoms. The van der Waals surface area contributed by atoms with E-state index in [0.717, 1.165) is 22.3 Å². The second-order valence-corrected chi connectivity index (χ2v) is 5.96. The summed E-state index contributed by atoms with van der Waals surface area (Å²) >= 11 is 0.957. The highest BCUT2D eigenvalue weighted by Gasteiger charge is 2.33. The Hall–Kier alpha value is -1.40. The van der Waals surface area contributed by atoms with Crippen LogP contribution in [0.4, 0.5) is 13.2 Å². The molecule has 0 saturated carbocycles. The molecular formula is C16H20F3IN4OS. The monoisotopic (exact) mass is 500 g/mol. The minimum absolute atomic E-state index is 0. The van der Waals surface area contributed by atoms with Crippen molar-refractivity contribution in [2.24, 2.45) is 4.99 Å². The first-order valence-electron chi connectivity index (χ1n) is 7.57. The van der Waals surface area contributed by atoms with Crippen molar-refractivity contribution in [3.8, 4) is 0 Å². The fourth-order valence-corrected chi connectivity index (χ4v) is 2.65. The van der Waals surface area contributed by atoms with Gasteiger partial charge >= 0.3 is 6.18 Å². The maximum Gasteiger partial charge on any atom is 0.434 e. The number of rotatable bonds is 7. The van der Waals surface area contributed by atoms with Gasteiger partial charge in [0, 0.05) is 19.0 Å². The van der Waals surface area contributed by atoms with Gasteiger partial charge in [0.25, 0.3) is 0 Å². The van der Waals surface area contributed by atoms with Crippen LogP contribution in [0.15, 0.2) is 40.7 Å². The van der Waals surface area contributed by atoms with E-state index in [1.165, 1.54) is 0 Å². The smallest absolute Gasteiger partial charge is 0.375 e. The Labute approximate surface area is 171 Å². The SMILES string of the molecule is CN=C(NCCOCc1ccccc1)NCc1nc(C(F)(F)F)cs1.I. The van der Waals surface area contributed by atoms with Crippen molar-refractivity contribution in [1.29, 1.82) is 0 Å². The summed E-state index contributed by atoms with van der Waals surface area (Å²) in [5, 5.41) is 7.30. The van der Waals surface area contributed by atoms with Crippen LogP contribution in [-0.4, -0.2) is 31.1 Å². The first kappa shape index (κ1) is 22.6. The highest BCUT2D eigenvalue weighted by molar-refractivity contribution is 14.0. The van der Waals surface area contributed by atoms with E-state index in [4.69, 9.17) is 4.74 Å². The number of benzene rings is 1. The van der Waals surface area contributed by atoms with Gasteiger partial charge in [-0.2, -0.15) is 13.2 Å². The van der Waals surface area contributed by atoms with Crippen LogP contribution in [-0.2, 0) is 24.1 Å². The predicted octanol–water partition coefficient (Wildman–Crippen LogP) is 3.66. The molecule has 0 unspecified atom stereocenters. The van der Waals surface area contributed by atoms with Crippen LogP contribution in [0.25, 0.3) is 0 Å². The third-order valence-corrected chi connectivity index (χ3v) is 3.97. The van der Waals surface area contributed by atoms with Crippen molar-refractivity contribution in [3.63, 3.8) is 0 Å². The summed E-state index contributed by atoms with van der Waals surface area (Å²) in [5.41, 5.74) is 0.223. The number of aliphatic imine (C=N–C) groups is 1. The zero-order valence-electron chi connectivity index (χ0n) is 14.0. The third kappa shape index (κ3) is 7.87. The first-order valence-corrected chi connectivity index (χ1v) is 8.45. The lowest BCUT2D eigenvalue weighted by Gasteiger charge is -2.11. The molecule has 5 nitrogen and oxygen atoms in total. The van der Waals surface area contributed by atoms with Crippen LogP contribution in [0.3, 0.4) is 0 Å². The van der Waals surface area contributed by atoms with Crippen molar-refractivity contribution in [2.75, 3.05) is 20.2 Å². The predicted molar refractivity (Wildman–Crippen MR) is 107 cm³/mol. The molecule has 1 aromatic carbocycles. The van der Waals surface area contributed by atoms with E-state index in [1.807, 2.05) is 30.3 Å². The molecular weight excluding hydrogens is 480 g/mol. The zero-order chi connectivity index (χ0) is 18.1. The minimum Gasteiger partial charge on any atom is -0.375 e. The van der Waals surface area contributed by atoms with E-state index in [0.29, 0.717) is 30.7 Å². The van der Waals surface area contributed by atoms with Crippen LogP contribution in [0.2, 0.25) is 0 Å². The average Bonchev–Trinajstić information content (AvgIpc) is 3.07. The molecule has 10 heteroatoms. The number of guanidine groups is 1. The Morgan fingerprint density at radius 2 is 1.96 bits per heavy atom. The normalized spacial score (nSPS) is 11.8. The fraction of sp³-hybridized carbons (Fsp3) is 0.375. The van der Waals surface area contributed by atoms with Gasteiger partial charge in [0.1, 0.15) is 5.01 Å². The van der Waals surface area contributed by atoms with Gasteiger partial charge in [-0.25, -0.2) is 4.98 Å². The van der Waals surface area contributed by atoms with Crippen LogP contribution in [0.1, 0.15) is 16.3 Å². The van der Waals surface area contributed by atoms with Gasteiger partial charge in [0.15, 0.2) is 11.7 Å². The number of hydrogen-bond acceptors (Lipinski definition) is 4. The van der Waals surface area contributed by atoms with Crippen LogP contribution < -0.4 is 10.6 Å². The standard InChI is InChI=1S/C16H19F3N4OS.HI/c1-20-15(21-7-8-24-10-12-5-3-2-4-6-12)22-9-14-23-13(11-25-14)16(17,18)19;/h2-6,11H,7-10H2,1H3,(H2,20,21,22);1H. The number of nitrogens with zero attached hydrogens (tertiary/aromatic N) is 2. The molecule has 26 heavy (non-hydrogen) atoms. The molecule has 1 heterocycles. The lowest BCUT2D eigenvalue weighted by molar-refractivity contribution is -0.140. The first-order chi connectivity index (χ1) is 12.0. The molecule has 1 aromatic heterocycles. The van der Waals surface area contributed by atoms with E-state index in [2.05, 4.69) is 20.6 Å². The van der Waals surface area contributed by atoms with Gasteiger partial charge in [0.05, 0.1) is 19.8 Å². The van der Waals surface area contributed by atoms with E-state index in [-0.39, 0.29) is 30.5 Å². The van der Waals surface area contributed by atoms with E-state index in [9.17, 15) is 13.2 Å². The summed E-state index contributed by atoms with van der Waals surface area (Å²) in [6, 6.07) is 9.81. The van der Waals surface area contributed by atoms with Crippen LogP contribution >= 0.6 is 35.3 Å². The molecule has 0 spiro atoms. The second kappa shape index (κ2) is 11.3. The second-order valence-electron chi connectivity index (χ2n) is 5.01. The van der Waals surface area contributed by atoms with Gasteiger partial charge in [-0.05, 0) is 5.56 Å². The number of alkyl halides is 3. The van der Waals surface area contributed by atoms with E-state index < -0.39 is 11.9 Å². The molecule has 0 saturated heterocycles. The van der Waals surface area contributed by atoms with Gasteiger partial charge in [0.2, 0.25) is 0 Å². The molecule has 0 atom stereocenters. The lowest BCUT2D eigenvalue weighted by Crippen LogP contribution is -2.38. The quantitative estimate of drug-likeness (QED) is 0.264. The molecule has 0 aliphatic carbocycles. The maximum atomic E-state index is 12.5.